The second-order valence-electron chi connectivity index (χ2n) is 6.23. The van der Waals surface area contributed by atoms with Gasteiger partial charge in [0.05, 0.1) is 0 Å². The van der Waals surface area contributed by atoms with Crippen LogP contribution in [0.5, 0.6) is 0 Å². The standard InChI is InChI=1S/C14H26N2O.ClH/c1-10(2)9-16(12-6-7-12)14(17)8-11-4-3-5-13(11)15;/h10-13H,3-9,15H2,1-2H3;1H/t11-,13+;/m0./s1. The quantitative estimate of drug-likeness (QED) is 0.838. The van der Waals surface area contributed by atoms with Gasteiger partial charge in [0.2, 0.25) is 5.91 Å². The fraction of sp³-hybridized carbons (Fsp3) is 0.929. The van der Waals surface area contributed by atoms with Gasteiger partial charge in [0.25, 0.3) is 0 Å². The Morgan fingerprint density at radius 3 is 2.39 bits per heavy atom. The number of rotatable bonds is 5. The Bertz CT molecular complexity index is 279. The first-order chi connectivity index (χ1) is 8.08. The van der Waals surface area contributed by atoms with Crippen LogP contribution < -0.4 is 5.73 Å². The lowest BCUT2D eigenvalue weighted by atomic mass is 9.99. The zero-order valence-corrected chi connectivity index (χ0v) is 12.4. The Hall–Kier alpha value is -0.280. The Kier molecular flexibility index (Phi) is 5.93. The van der Waals surface area contributed by atoms with E-state index in [1.807, 2.05) is 0 Å². The van der Waals surface area contributed by atoms with Gasteiger partial charge in [0.1, 0.15) is 0 Å². The Balaban J connectivity index is 0.00000162. The van der Waals surface area contributed by atoms with Crippen molar-refractivity contribution in [3.63, 3.8) is 0 Å². The first kappa shape index (κ1) is 15.8. The van der Waals surface area contributed by atoms with Gasteiger partial charge in [-0.2, -0.15) is 0 Å². The summed E-state index contributed by atoms with van der Waals surface area (Å²) in [5.41, 5.74) is 6.05. The summed E-state index contributed by atoms with van der Waals surface area (Å²) in [4.78, 5) is 14.5. The molecule has 0 radical (unpaired) electrons. The van der Waals surface area contributed by atoms with Crippen molar-refractivity contribution in [2.45, 2.75) is 64.5 Å². The molecule has 2 fully saturated rings. The molecular weight excluding hydrogens is 248 g/mol. The maximum atomic E-state index is 12.3. The normalized spacial score (nSPS) is 27.1. The molecule has 0 aliphatic heterocycles. The third-order valence-electron chi connectivity index (χ3n) is 4.02. The highest BCUT2D eigenvalue weighted by molar-refractivity contribution is 5.85. The van der Waals surface area contributed by atoms with Crippen LogP contribution in [0.3, 0.4) is 0 Å². The molecule has 2 saturated carbocycles. The molecule has 2 rings (SSSR count). The molecule has 2 atom stereocenters. The predicted octanol–water partition coefficient (Wildman–Crippen LogP) is 2.57. The van der Waals surface area contributed by atoms with Gasteiger partial charge in [-0.05, 0) is 37.5 Å². The molecule has 0 spiro atoms. The molecule has 2 aliphatic rings. The lowest BCUT2D eigenvalue weighted by Gasteiger charge is -2.26. The second kappa shape index (κ2) is 6.76. The fourth-order valence-electron chi connectivity index (χ4n) is 2.89. The number of carbonyl (C=O) groups is 1. The van der Waals surface area contributed by atoms with Crippen LogP contribution in [0.1, 0.15) is 52.4 Å². The molecule has 0 aromatic heterocycles. The van der Waals surface area contributed by atoms with Gasteiger partial charge < -0.3 is 10.6 Å². The molecular formula is C14H27ClN2O. The van der Waals surface area contributed by atoms with E-state index in [1.54, 1.807) is 0 Å². The second-order valence-corrected chi connectivity index (χ2v) is 6.23. The van der Waals surface area contributed by atoms with Gasteiger partial charge in [-0.1, -0.05) is 20.3 Å². The van der Waals surface area contributed by atoms with Gasteiger partial charge in [-0.3, -0.25) is 4.79 Å². The molecule has 18 heavy (non-hydrogen) atoms. The molecule has 0 aromatic carbocycles. The van der Waals surface area contributed by atoms with Crippen molar-refractivity contribution >= 4 is 18.3 Å². The average molecular weight is 275 g/mol. The summed E-state index contributed by atoms with van der Waals surface area (Å²) >= 11 is 0. The third-order valence-corrected chi connectivity index (χ3v) is 4.02. The first-order valence-electron chi connectivity index (χ1n) is 7.13. The zero-order chi connectivity index (χ0) is 12.4. The minimum atomic E-state index is 0. The van der Waals surface area contributed by atoms with Crippen molar-refractivity contribution in [3.8, 4) is 0 Å². The Morgan fingerprint density at radius 2 is 1.94 bits per heavy atom. The molecule has 0 bridgehead atoms. The van der Waals surface area contributed by atoms with Crippen LogP contribution in [0.25, 0.3) is 0 Å². The van der Waals surface area contributed by atoms with E-state index in [1.165, 1.54) is 19.3 Å². The number of hydrogen-bond acceptors (Lipinski definition) is 2. The van der Waals surface area contributed by atoms with Crippen LogP contribution in [0.15, 0.2) is 0 Å². The van der Waals surface area contributed by atoms with Crippen molar-refractivity contribution in [2.24, 2.45) is 17.6 Å². The topological polar surface area (TPSA) is 46.3 Å². The number of halogens is 1. The molecule has 2 N–H and O–H groups in total. The van der Waals surface area contributed by atoms with E-state index in [9.17, 15) is 4.79 Å². The largest absolute Gasteiger partial charge is 0.339 e. The first-order valence-corrected chi connectivity index (χ1v) is 7.13. The van der Waals surface area contributed by atoms with E-state index >= 15 is 0 Å². The monoisotopic (exact) mass is 274 g/mol. The minimum Gasteiger partial charge on any atom is -0.339 e. The van der Waals surface area contributed by atoms with Gasteiger partial charge in [-0.15, -0.1) is 12.4 Å². The number of hydrogen-bond donors (Lipinski definition) is 1. The lowest BCUT2D eigenvalue weighted by molar-refractivity contribution is -0.133. The molecule has 0 saturated heterocycles. The molecule has 0 heterocycles. The smallest absolute Gasteiger partial charge is 0.223 e. The summed E-state index contributed by atoms with van der Waals surface area (Å²) in [6.45, 7) is 5.29. The summed E-state index contributed by atoms with van der Waals surface area (Å²) in [5, 5.41) is 0. The summed E-state index contributed by atoms with van der Waals surface area (Å²) in [5.74, 6) is 1.36. The maximum Gasteiger partial charge on any atom is 0.223 e. The van der Waals surface area contributed by atoms with E-state index in [0.717, 1.165) is 19.4 Å². The number of carbonyl (C=O) groups excluding carboxylic acids is 1. The lowest BCUT2D eigenvalue weighted by Crippen LogP contribution is -2.38. The van der Waals surface area contributed by atoms with Gasteiger partial charge in [0.15, 0.2) is 0 Å². The summed E-state index contributed by atoms with van der Waals surface area (Å²) in [6, 6.07) is 0.807. The molecule has 0 aromatic rings. The molecule has 4 heteroatoms. The van der Waals surface area contributed by atoms with Gasteiger partial charge in [-0.25, -0.2) is 0 Å². The highest BCUT2D eigenvalue weighted by Gasteiger charge is 2.35. The van der Waals surface area contributed by atoms with Crippen LogP contribution >= 0.6 is 12.4 Å². The molecule has 1 amide bonds. The molecule has 3 nitrogen and oxygen atoms in total. The summed E-state index contributed by atoms with van der Waals surface area (Å²) in [6.07, 6.45) is 6.54. The van der Waals surface area contributed by atoms with Crippen LogP contribution in [0, 0.1) is 11.8 Å². The fourth-order valence-corrected chi connectivity index (χ4v) is 2.89. The van der Waals surface area contributed by atoms with E-state index in [0.29, 0.717) is 30.2 Å². The Labute approximate surface area is 117 Å². The van der Waals surface area contributed by atoms with Crippen LogP contribution in [0.2, 0.25) is 0 Å². The summed E-state index contributed by atoms with van der Waals surface area (Å²) < 4.78 is 0. The number of amides is 1. The Morgan fingerprint density at radius 1 is 1.28 bits per heavy atom. The molecule has 106 valence electrons. The van der Waals surface area contributed by atoms with E-state index in [-0.39, 0.29) is 18.4 Å². The van der Waals surface area contributed by atoms with Crippen molar-refractivity contribution in [2.75, 3.05) is 6.54 Å². The van der Waals surface area contributed by atoms with Crippen molar-refractivity contribution in [1.82, 2.24) is 4.90 Å². The minimum absolute atomic E-state index is 0. The van der Waals surface area contributed by atoms with Crippen molar-refractivity contribution < 1.29 is 4.79 Å². The van der Waals surface area contributed by atoms with Crippen molar-refractivity contribution in [3.05, 3.63) is 0 Å². The van der Waals surface area contributed by atoms with Crippen LogP contribution in [0.4, 0.5) is 0 Å². The van der Waals surface area contributed by atoms with Crippen molar-refractivity contribution in [1.29, 1.82) is 0 Å². The SMILES string of the molecule is CC(C)CN(C(=O)C[C@@H]1CCC[C@H]1N)C1CC1.Cl. The number of nitrogens with two attached hydrogens (primary N) is 1. The molecule has 2 aliphatic carbocycles. The summed E-state index contributed by atoms with van der Waals surface area (Å²) in [7, 11) is 0. The van der Waals surface area contributed by atoms with Gasteiger partial charge >= 0.3 is 0 Å². The highest BCUT2D eigenvalue weighted by atomic mass is 35.5. The van der Waals surface area contributed by atoms with Crippen LogP contribution in [-0.4, -0.2) is 29.4 Å². The highest BCUT2D eigenvalue weighted by Crippen LogP contribution is 2.32. The van der Waals surface area contributed by atoms with E-state index in [4.69, 9.17) is 5.73 Å². The van der Waals surface area contributed by atoms with E-state index in [2.05, 4.69) is 18.7 Å². The predicted molar refractivity (Wildman–Crippen MR) is 76.8 cm³/mol. The van der Waals surface area contributed by atoms with E-state index < -0.39 is 0 Å². The van der Waals surface area contributed by atoms with Crippen LogP contribution in [-0.2, 0) is 4.79 Å². The van der Waals surface area contributed by atoms with Gasteiger partial charge in [0, 0.05) is 25.0 Å². The molecule has 0 unspecified atom stereocenters. The average Bonchev–Trinajstić information content (AvgIpc) is 3.01. The maximum absolute atomic E-state index is 12.3. The zero-order valence-electron chi connectivity index (χ0n) is 11.6. The number of nitrogens with zero attached hydrogens (tertiary/aromatic N) is 1. The third kappa shape index (κ3) is 4.13.